The van der Waals surface area contributed by atoms with Crippen molar-refractivity contribution < 1.29 is 0 Å². The summed E-state index contributed by atoms with van der Waals surface area (Å²) >= 11 is 3.44. The number of aromatic nitrogens is 2. The summed E-state index contributed by atoms with van der Waals surface area (Å²) in [5.74, 6) is 0.556. The summed E-state index contributed by atoms with van der Waals surface area (Å²) in [6, 6.07) is 3.93. The first-order chi connectivity index (χ1) is 5.70. The Kier molecular flexibility index (Phi) is 1.58. The van der Waals surface area contributed by atoms with Crippen LogP contribution >= 0.6 is 15.9 Å². The van der Waals surface area contributed by atoms with Crippen molar-refractivity contribution in [2.75, 3.05) is 5.73 Å². The first-order valence-electron chi connectivity index (χ1n) is 3.59. The molecule has 0 saturated heterocycles. The number of rotatable bonds is 0. The Hall–Kier alpha value is -1.03. The zero-order chi connectivity index (χ0) is 8.72. The van der Waals surface area contributed by atoms with E-state index in [1.165, 1.54) is 0 Å². The number of hydrogen-bond donors (Lipinski definition) is 2. The van der Waals surface area contributed by atoms with Crippen LogP contribution in [0, 0.1) is 6.92 Å². The number of nitrogen functional groups attached to an aromatic ring is 1. The van der Waals surface area contributed by atoms with Crippen molar-refractivity contribution in [3.63, 3.8) is 0 Å². The Morgan fingerprint density at radius 2 is 2.25 bits per heavy atom. The van der Waals surface area contributed by atoms with Crippen molar-refractivity contribution in [2.45, 2.75) is 6.92 Å². The van der Waals surface area contributed by atoms with Gasteiger partial charge in [-0.2, -0.15) is 5.10 Å². The van der Waals surface area contributed by atoms with Crippen LogP contribution in [0.15, 0.2) is 16.6 Å². The average molecular weight is 226 g/mol. The van der Waals surface area contributed by atoms with E-state index in [0.29, 0.717) is 5.82 Å². The molecule has 2 rings (SSSR count). The van der Waals surface area contributed by atoms with Gasteiger partial charge >= 0.3 is 0 Å². The highest BCUT2D eigenvalue weighted by molar-refractivity contribution is 9.10. The lowest BCUT2D eigenvalue weighted by atomic mass is 10.1. The number of aryl methyl sites for hydroxylation is 1. The molecule has 0 aliphatic carbocycles. The Bertz CT molecular complexity index is 433. The second-order valence-corrected chi connectivity index (χ2v) is 3.56. The largest absolute Gasteiger partial charge is 0.382 e. The van der Waals surface area contributed by atoms with E-state index in [1.807, 2.05) is 19.1 Å². The molecular formula is C8H8BrN3. The van der Waals surface area contributed by atoms with Gasteiger partial charge in [-0.05, 0) is 24.6 Å². The highest BCUT2D eigenvalue weighted by atomic mass is 79.9. The van der Waals surface area contributed by atoms with Gasteiger partial charge in [0.25, 0.3) is 0 Å². The van der Waals surface area contributed by atoms with Gasteiger partial charge < -0.3 is 5.73 Å². The van der Waals surface area contributed by atoms with Gasteiger partial charge in [-0.25, -0.2) is 0 Å². The molecule has 0 bridgehead atoms. The fourth-order valence-corrected chi connectivity index (χ4v) is 1.55. The molecule has 1 aromatic carbocycles. The lowest BCUT2D eigenvalue weighted by Gasteiger charge is -1.97. The Balaban J connectivity index is 2.93. The van der Waals surface area contributed by atoms with E-state index in [-0.39, 0.29) is 0 Å². The number of hydrogen-bond acceptors (Lipinski definition) is 2. The van der Waals surface area contributed by atoms with Gasteiger partial charge in [0, 0.05) is 9.86 Å². The summed E-state index contributed by atoms with van der Waals surface area (Å²) in [6.07, 6.45) is 0. The SMILES string of the molecule is Cc1c(Br)ccc2c(N)n[nH]c12. The van der Waals surface area contributed by atoms with Crippen LogP contribution in [0.2, 0.25) is 0 Å². The number of nitrogens with two attached hydrogens (primary N) is 1. The number of fused-ring (bicyclic) bond motifs is 1. The number of aromatic amines is 1. The molecule has 0 fully saturated rings. The molecule has 3 N–H and O–H groups in total. The van der Waals surface area contributed by atoms with Crippen molar-refractivity contribution in [1.82, 2.24) is 10.2 Å². The molecule has 0 radical (unpaired) electrons. The molecule has 0 saturated carbocycles. The summed E-state index contributed by atoms with van der Waals surface area (Å²) in [7, 11) is 0. The number of anilines is 1. The number of nitrogens with one attached hydrogen (secondary N) is 1. The normalized spacial score (nSPS) is 10.8. The summed E-state index contributed by atoms with van der Waals surface area (Å²) in [5, 5.41) is 7.80. The van der Waals surface area contributed by atoms with Crippen LogP contribution in [0.3, 0.4) is 0 Å². The molecule has 3 nitrogen and oxygen atoms in total. The lowest BCUT2D eigenvalue weighted by Crippen LogP contribution is -1.83. The summed E-state index contributed by atoms with van der Waals surface area (Å²) in [5.41, 5.74) is 7.78. The summed E-state index contributed by atoms with van der Waals surface area (Å²) in [4.78, 5) is 0. The molecule has 0 unspecified atom stereocenters. The second kappa shape index (κ2) is 2.48. The quantitative estimate of drug-likeness (QED) is 0.723. The fourth-order valence-electron chi connectivity index (χ4n) is 1.22. The van der Waals surface area contributed by atoms with Crippen LogP contribution in [0.1, 0.15) is 5.56 Å². The highest BCUT2D eigenvalue weighted by Gasteiger charge is 2.05. The molecule has 4 heteroatoms. The summed E-state index contributed by atoms with van der Waals surface area (Å²) < 4.78 is 1.07. The van der Waals surface area contributed by atoms with Gasteiger partial charge in [-0.15, -0.1) is 0 Å². The minimum absolute atomic E-state index is 0.556. The van der Waals surface area contributed by atoms with Crippen LogP contribution < -0.4 is 5.73 Å². The van der Waals surface area contributed by atoms with Crippen LogP contribution in [0.25, 0.3) is 10.9 Å². The number of halogens is 1. The Morgan fingerprint density at radius 3 is 3.00 bits per heavy atom. The molecule has 0 aliphatic rings. The van der Waals surface area contributed by atoms with Gasteiger partial charge in [-0.1, -0.05) is 15.9 Å². The van der Waals surface area contributed by atoms with Crippen LogP contribution in [-0.2, 0) is 0 Å². The van der Waals surface area contributed by atoms with Crippen LogP contribution in [0.4, 0.5) is 5.82 Å². The fraction of sp³-hybridized carbons (Fsp3) is 0.125. The molecule has 1 aromatic heterocycles. The standard InChI is InChI=1S/C8H8BrN3/c1-4-6(9)3-2-5-7(4)11-12-8(5)10/h2-3H,1H3,(H3,10,11,12). The highest BCUT2D eigenvalue weighted by Crippen LogP contribution is 2.26. The molecule has 0 atom stereocenters. The van der Waals surface area contributed by atoms with Crippen molar-refractivity contribution in [3.8, 4) is 0 Å². The second-order valence-electron chi connectivity index (χ2n) is 2.70. The maximum atomic E-state index is 5.64. The van der Waals surface area contributed by atoms with E-state index in [4.69, 9.17) is 5.73 Å². The lowest BCUT2D eigenvalue weighted by molar-refractivity contribution is 1.12. The maximum Gasteiger partial charge on any atom is 0.153 e. The third kappa shape index (κ3) is 0.914. The van der Waals surface area contributed by atoms with E-state index >= 15 is 0 Å². The molecule has 62 valence electrons. The molecular weight excluding hydrogens is 218 g/mol. The van der Waals surface area contributed by atoms with Gasteiger partial charge in [0.05, 0.1) is 5.52 Å². The molecule has 12 heavy (non-hydrogen) atoms. The Labute approximate surface area is 78.1 Å². The minimum atomic E-state index is 0.556. The van der Waals surface area contributed by atoms with Crippen molar-refractivity contribution in [2.24, 2.45) is 0 Å². The minimum Gasteiger partial charge on any atom is -0.382 e. The zero-order valence-corrected chi connectivity index (χ0v) is 8.14. The molecule has 0 spiro atoms. The van der Waals surface area contributed by atoms with Gasteiger partial charge in [0.2, 0.25) is 0 Å². The zero-order valence-electron chi connectivity index (χ0n) is 6.56. The third-order valence-electron chi connectivity index (χ3n) is 1.96. The molecule has 1 heterocycles. The van der Waals surface area contributed by atoms with Gasteiger partial charge in [-0.3, -0.25) is 5.10 Å². The maximum absolute atomic E-state index is 5.64. The summed E-state index contributed by atoms with van der Waals surface area (Å²) in [6.45, 7) is 2.02. The average Bonchev–Trinajstić information content (AvgIpc) is 2.41. The van der Waals surface area contributed by atoms with E-state index < -0.39 is 0 Å². The van der Waals surface area contributed by atoms with Crippen LogP contribution in [-0.4, -0.2) is 10.2 Å². The predicted octanol–water partition coefficient (Wildman–Crippen LogP) is 2.22. The Morgan fingerprint density at radius 1 is 1.50 bits per heavy atom. The van der Waals surface area contributed by atoms with E-state index in [9.17, 15) is 0 Å². The first-order valence-corrected chi connectivity index (χ1v) is 4.38. The van der Waals surface area contributed by atoms with E-state index in [2.05, 4.69) is 26.1 Å². The van der Waals surface area contributed by atoms with Gasteiger partial charge in [0.15, 0.2) is 5.82 Å². The number of benzene rings is 1. The first kappa shape index (κ1) is 7.61. The predicted molar refractivity (Wildman–Crippen MR) is 52.9 cm³/mol. The van der Waals surface area contributed by atoms with E-state index in [1.54, 1.807) is 0 Å². The molecule has 0 amide bonds. The van der Waals surface area contributed by atoms with Crippen molar-refractivity contribution in [3.05, 3.63) is 22.2 Å². The molecule has 2 aromatic rings. The van der Waals surface area contributed by atoms with Crippen LogP contribution in [0.5, 0.6) is 0 Å². The topological polar surface area (TPSA) is 54.7 Å². The monoisotopic (exact) mass is 225 g/mol. The third-order valence-corrected chi connectivity index (χ3v) is 2.82. The number of nitrogens with zero attached hydrogens (tertiary/aromatic N) is 1. The molecule has 0 aliphatic heterocycles. The van der Waals surface area contributed by atoms with Crippen molar-refractivity contribution in [1.29, 1.82) is 0 Å². The smallest absolute Gasteiger partial charge is 0.153 e. The van der Waals surface area contributed by atoms with Gasteiger partial charge in [0.1, 0.15) is 0 Å². The number of H-pyrrole nitrogens is 1. The van der Waals surface area contributed by atoms with Crippen molar-refractivity contribution >= 4 is 32.7 Å². The van der Waals surface area contributed by atoms with E-state index in [0.717, 1.165) is 20.9 Å².